The lowest BCUT2D eigenvalue weighted by molar-refractivity contribution is 0.0699. The van der Waals surface area contributed by atoms with Crippen molar-refractivity contribution in [3.8, 4) is 0 Å². The van der Waals surface area contributed by atoms with Gasteiger partial charge < -0.3 is 9.84 Å². The van der Waals surface area contributed by atoms with Crippen molar-refractivity contribution < 1.29 is 14.6 Å². The number of carboxylic acids is 1. The van der Waals surface area contributed by atoms with E-state index in [-0.39, 0.29) is 5.56 Å². The molecular formula is C11H11BrN2O3. The third-order valence-corrected chi connectivity index (χ3v) is 3.12. The molecule has 17 heavy (non-hydrogen) atoms. The number of carboxylic acid groups (broad SMARTS) is 1. The molecule has 0 atom stereocenters. The van der Waals surface area contributed by atoms with E-state index in [4.69, 9.17) is 9.84 Å². The molecule has 90 valence electrons. The molecule has 0 bridgehead atoms. The van der Waals surface area contributed by atoms with Crippen LogP contribution in [0, 0.1) is 0 Å². The van der Waals surface area contributed by atoms with Gasteiger partial charge in [-0.3, -0.25) is 4.68 Å². The lowest BCUT2D eigenvalue weighted by Crippen LogP contribution is -2.04. The number of aromatic carboxylic acids is 1. The Labute approximate surface area is 106 Å². The summed E-state index contributed by atoms with van der Waals surface area (Å²) in [5.74, 6) is -0.973. The van der Waals surface area contributed by atoms with Gasteiger partial charge in [-0.15, -0.1) is 0 Å². The number of carbonyl (C=O) groups is 1. The summed E-state index contributed by atoms with van der Waals surface area (Å²) in [5.41, 5.74) is 0.697. The first kappa shape index (κ1) is 12.1. The van der Waals surface area contributed by atoms with Gasteiger partial charge >= 0.3 is 5.97 Å². The Balaban J connectivity index is 2.53. The summed E-state index contributed by atoms with van der Waals surface area (Å²) in [7, 11) is 1.61. The average molecular weight is 299 g/mol. The van der Waals surface area contributed by atoms with Gasteiger partial charge in [0.25, 0.3) is 0 Å². The highest BCUT2D eigenvalue weighted by molar-refractivity contribution is 9.10. The predicted octanol–water partition coefficient (Wildman–Crippen LogP) is 2.14. The van der Waals surface area contributed by atoms with Crippen LogP contribution < -0.4 is 0 Å². The van der Waals surface area contributed by atoms with Gasteiger partial charge in [-0.1, -0.05) is 15.9 Å². The molecule has 6 heteroatoms. The second kappa shape index (κ2) is 4.85. The summed E-state index contributed by atoms with van der Waals surface area (Å²) in [6.45, 7) is 1.13. The Bertz CT molecular complexity index is 565. The van der Waals surface area contributed by atoms with E-state index in [0.29, 0.717) is 18.7 Å². The second-order valence-corrected chi connectivity index (χ2v) is 4.40. The molecule has 0 aliphatic heterocycles. The van der Waals surface area contributed by atoms with E-state index in [1.807, 2.05) is 6.20 Å². The maximum absolute atomic E-state index is 11.1. The zero-order chi connectivity index (χ0) is 12.4. The van der Waals surface area contributed by atoms with Gasteiger partial charge in [-0.2, -0.15) is 5.10 Å². The summed E-state index contributed by atoms with van der Waals surface area (Å²) >= 11 is 3.38. The molecule has 0 saturated heterocycles. The van der Waals surface area contributed by atoms with Gasteiger partial charge in [0.2, 0.25) is 0 Å². The third-order valence-electron chi connectivity index (χ3n) is 2.43. The number of fused-ring (bicyclic) bond motifs is 1. The number of hydrogen-bond acceptors (Lipinski definition) is 3. The van der Waals surface area contributed by atoms with Crippen molar-refractivity contribution in [1.29, 1.82) is 0 Å². The molecule has 0 unspecified atom stereocenters. The predicted molar refractivity (Wildman–Crippen MR) is 66.3 cm³/mol. The number of hydrogen-bond donors (Lipinski definition) is 1. The van der Waals surface area contributed by atoms with E-state index in [1.165, 1.54) is 0 Å². The molecule has 0 fully saturated rings. The van der Waals surface area contributed by atoms with Crippen molar-refractivity contribution in [3.05, 3.63) is 28.4 Å². The van der Waals surface area contributed by atoms with E-state index in [0.717, 1.165) is 9.86 Å². The van der Waals surface area contributed by atoms with Crippen molar-refractivity contribution in [2.24, 2.45) is 0 Å². The van der Waals surface area contributed by atoms with Crippen LogP contribution in [-0.4, -0.2) is 34.6 Å². The molecule has 0 saturated carbocycles. The Morgan fingerprint density at radius 3 is 3.00 bits per heavy atom. The number of benzene rings is 1. The highest BCUT2D eigenvalue weighted by Crippen LogP contribution is 2.26. The van der Waals surface area contributed by atoms with Crippen molar-refractivity contribution in [2.45, 2.75) is 6.54 Å². The number of ether oxygens (including phenoxy) is 1. The maximum atomic E-state index is 11.1. The largest absolute Gasteiger partial charge is 0.478 e. The normalized spacial score (nSPS) is 10.9. The Morgan fingerprint density at radius 2 is 2.35 bits per heavy atom. The van der Waals surface area contributed by atoms with E-state index in [9.17, 15) is 4.79 Å². The molecule has 0 radical (unpaired) electrons. The molecule has 5 nitrogen and oxygen atoms in total. The Hall–Kier alpha value is -1.40. The minimum atomic E-state index is -0.973. The van der Waals surface area contributed by atoms with Gasteiger partial charge in [0.1, 0.15) is 5.52 Å². The van der Waals surface area contributed by atoms with Gasteiger partial charge in [-0.05, 0) is 12.1 Å². The SMILES string of the molecule is COCCn1cc2c(Br)ccc(C(=O)O)c2n1. The molecule has 1 heterocycles. The fourth-order valence-corrected chi connectivity index (χ4v) is 2.01. The summed E-state index contributed by atoms with van der Waals surface area (Å²) in [6, 6.07) is 3.26. The van der Waals surface area contributed by atoms with E-state index in [2.05, 4.69) is 21.0 Å². The van der Waals surface area contributed by atoms with Crippen LogP contribution in [0.25, 0.3) is 10.9 Å². The molecular weight excluding hydrogens is 288 g/mol. The summed E-state index contributed by atoms with van der Waals surface area (Å²) in [4.78, 5) is 11.1. The average Bonchev–Trinajstić information content (AvgIpc) is 2.71. The molecule has 1 aromatic carbocycles. The van der Waals surface area contributed by atoms with Gasteiger partial charge in [0.15, 0.2) is 0 Å². The van der Waals surface area contributed by atoms with Crippen LogP contribution in [0.2, 0.25) is 0 Å². The highest BCUT2D eigenvalue weighted by Gasteiger charge is 2.14. The van der Waals surface area contributed by atoms with Crippen LogP contribution in [0.5, 0.6) is 0 Å². The second-order valence-electron chi connectivity index (χ2n) is 3.55. The monoisotopic (exact) mass is 298 g/mol. The zero-order valence-electron chi connectivity index (χ0n) is 9.18. The van der Waals surface area contributed by atoms with Crippen LogP contribution in [0.15, 0.2) is 22.8 Å². The first-order valence-electron chi connectivity index (χ1n) is 5.01. The summed E-state index contributed by atoms with van der Waals surface area (Å²) < 4.78 is 7.48. The number of nitrogens with zero attached hydrogens (tertiary/aromatic N) is 2. The highest BCUT2D eigenvalue weighted by atomic mass is 79.9. The van der Waals surface area contributed by atoms with E-state index in [1.54, 1.807) is 23.9 Å². The fourth-order valence-electron chi connectivity index (χ4n) is 1.59. The van der Waals surface area contributed by atoms with Crippen LogP contribution in [-0.2, 0) is 11.3 Å². The molecule has 0 spiro atoms. The lowest BCUT2D eigenvalue weighted by Gasteiger charge is -1.98. The number of aromatic nitrogens is 2. The topological polar surface area (TPSA) is 64.3 Å². The summed E-state index contributed by atoms with van der Waals surface area (Å²) in [5, 5.41) is 14.1. The van der Waals surface area contributed by atoms with Crippen LogP contribution in [0.4, 0.5) is 0 Å². The standard InChI is InChI=1S/C11H11BrN2O3/c1-17-5-4-14-6-8-9(12)3-2-7(11(15)16)10(8)13-14/h2-3,6H,4-5H2,1H3,(H,15,16). The van der Waals surface area contributed by atoms with Crippen LogP contribution >= 0.6 is 15.9 Å². The molecule has 0 amide bonds. The first-order valence-corrected chi connectivity index (χ1v) is 5.80. The lowest BCUT2D eigenvalue weighted by atomic mass is 10.1. The van der Waals surface area contributed by atoms with Gasteiger partial charge in [0, 0.05) is 23.2 Å². The van der Waals surface area contributed by atoms with Crippen LogP contribution in [0.1, 0.15) is 10.4 Å². The summed E-state index contributed by atoms with van der Waals surface area (Å²) in [6.07, 6.45) is 1.81. The van der Waals surface area contributed by atoms with Crippen molar-refractivity contribution in [1.82, 2.24) is 9.78 Å². The van der Waals surface area contributed by atoms with Gasteiger partial charge in [0.05, 0.1) is 18.7 Å². The number of rotatable bonds is 4. The van der Waals surface area contributed by atoms with Crippen molar-refractivity contribution in [3.63, 3.8) is 0 Å². The number of methoxy groups -OCH3 is 1. The minimum absolute atomic E-state index is 0.208. The Morgan fingerprint density at radius 1 is 1.59 bits per heavy atom. The maximum Gasteiger partial charge on any atom is 0.337 e. The van der Waals surface area contributed by atoms with Crippen LogP contribution in [0.3, 0.4) is 0 Å². The van der Waals surface area contributed by atoms with E-state index >= 15 is 0 Å². The van der Waals surface area contributed by atoms with Crippen molar-refractivity contribution in [2.75, 3.05) is 13.7 Å². The molecule has 0 aliphatic rings. The molecule has 1 N–H and O–H groups in total. The molecule has 2 aromatic rings. The third kappa shape index (κ3) is 2.32. The molecule has 1 aromatic heterocycles. The number of halogens is 1. The van der Waals surface area contributed by atoms with Gasteiger partial charge in [-0.25, -0.2) is 4.79 Å². The Kier molecular flexibility index (Phi) is 3.44. The van der Waals surface area contributed by atoms with E-state index < -0.39 is 5.97 Å². The fraction of sp³-hybridized carbons (Fsp3) is 0.273. The quantitative estimate of drug-likeness (QED) is 0.939. The zero-order valence-corrected chi connectivity index (χ0v) is 10.8. The molecule has 2 rings (SSSR count). The smallest absolute Gasteiger partial charge is 0.337 e. The minimum Gasteiger partial charge on any atom is -0.478 e. The molecule has 0 aliphatic carbocycles. The van der Waals surface area contributed by atoms with Crippen molar-refractivity contribution >= 4 is 32.8 Å². The first-order chi connectivity index (χ1) is 8.13.